The fraction of sp³-hybridized carbons (Fsp3) is 0.300. The predicted molar refractivity (Wildman–Crippen MR) is 110 cm³/mol. The molecule has 0 bridgehead atoms. The maximum absolute atomic E-state index is 11.6. The molecule has 1 aromatic carbocycles. The number of nitrogens with zero attached hydrogens (tertiary/aromatic N) is 2. The zero-order valence-corrected chi connectivity index (χ0v) is 17.6. The summed E-state index contributed by atoms with van der Waals surface area (Å²) in [4.78, 5) is 33.3. The number of rotatable bonds is 5. The van der Waals surface area contributed by atoms with E-state index in [2.05, 4.69) is 22.3 Å². The molecular weight excluding hydrogens is 396 g/mol. The smallest absolute Gasteiger partial charge is 0.373 e. The molecule has 0 spiro atoms. The topological polar surface area (TPSA) is 97.2 Å². The molecule has 0 fully saturated rings. The lowest BCUT2D eigenvalue weighted by molar-refractivity contribution is -0.191. The van der Waals surface area contributed by atoms with E-state index in [9.17, 15) is 9.90 Å². The number of aliphatic carboxylic acids is 1. The summed E-state index contributed by atoms with van der Waals surface area (Å²) in [5.41, 5.74) is 4.05. The standard InChI is InChI=1S/C19H20N2O2S2.CO2/c1-5-13-7-6-12(10-20-13)16-15(24-19(3,4)18(22)23)9-8-14-11(2)21-25-17(14)16;2-1-3/h6-10H,5H2,1-4H3,(H,22,23);. The van der Waals surface area contributed by atoms with Gasteiger partial charge in [0.2, 0.25) is 0 Å². The molecule has 2 aromatic heterocycles. The highest BCUT2D eigenvalue weighted by Crippen LogP contribution is 2.44. The van der Waals surface area contributed by atoms with Crippen LogP contribution in [0.5, 0.6) is 0 Å². The third-order valence-electron chi connectivity index (χ3n) is 4.14. The number of pyridine rings is 1. The zero-order valence-electron chi connectivity index (χ0n) is 16.0. The van der Waals surface area contributed by atoms with E-state index < -0.39 is 10.7 Å². The lowest BCUT2D eigenvalue weighted by Crippen LogP contribution is -2.27. The fourth-order valence-electron chi connectivity index (χ4n) is 2.57. The van der Waals surface area contributed by atoms with E-state index in [-0.39, 0.29) is 6.15 Å². The first kappa shape index (κ1) is 21.8. The Bertz CT molecular complexity index is 1020. The Morgan fingerprint density at radius 2 is 1.93 bits per heavy atom. The molecular formula is C20H20N2O4S2. The lowest BCUT2D eigenvalue weighted by Gasteiger charge is -2.21. The van der Waals surface area contributed by atoms with Crippen molar-refractivity contribution < 1.29 is 19.5 Å². The Labute approximate surface area is 171 Å². The molecule has 0 unspecified atom stereocenters. The molecule has 0 amide bonds. The number of hydrogen-bond donors (Lipinski definition) is 1. The number of fused-ring (bicyclic) bond motifs is 1. The summed E-state index contributed by atoms with van der Waals surface area (Å²) in [7, 11) is 0. The van der Waals surface area contributed by atoms with Crippen molar-refractivity contribution in [3.63, 3.8) is 0 Å². The number of carbonyl (C=O) groups excluding carboxylic acids is 2. The van der Waals surface area contributed by atoms with Gasteiger partial charge in [-0.05, 0) is 50.9 Å². The number of aromatic nitrogens is 2. The number of hydrogen-bond acceptors (Lipinski definition) is 7. The second kappa shape index (κ2) is 9.10. The van der Waals surface area contributed by atoms with E-state index in [0.29, 0.717) is 0 Å². The summed E-state index contributed by atoms with van der Waals surface area (Å²) in [6, 6.07) is 8.13. The van der Waals surface area contributed by atoms with E-state index in [1.807, 2.05) is 31.3 Å². The van der Waals surface area contributed by atoms with Crippen molar-refractivity contribution in [3.05, 3.63) is 41.9 Å². The maximum Gasteiger partial charge on any atom is 0.373 e. The van der Waals surface area contributed by atoms with Gasteiger partial charge in [0.1, 0.15) is 4.75 Å². The van der Waals surface area contributed by atoms with Gasteiger partial charge < -0.3 is 5.11 Å². The Morgan fingerprint density at radius 1 is 1.25 bits per heavy atom. The van der Waals surface area contributed by atoms with E-state index >= 15 is 0 Å². The van der Waals surface area contributed by atoms with E-state index in [1.165, 1.54) is 23.3 Å². The van der Waals surface area contributed by atoms with Gasteiger partial charge in [0.05, 0.1) is 10.4 Å². The molecule has 3 aromatic rings. The molecule has 3 rings (SSSR count). The number of carbonyl (C=O) groups is 1. The number of carboxylic acids is 1. The van der Waals surface area contributed by atoms with Gasteiger partial charge in [0, 0.05) is 33.3 Å². The molecule has 0 saturated heterocycles. The number of aryl methyl sites for hydroxylation is 2. The minimum atomic E-state index is -0.918. The highest BCUT2D eigenvalue weighted by atomic mass is 32.2. The summed E-state index contributed by atoms with van der Waals surface area (Å²) in [6.45, 7) is 7.52. The molecule has 0 aliphatic heterocycles. The van der Waals surface area contributed by atoms with Gasteiger partial charge in [0.25, 0.3) is 0 Å². The molecule has 0 aliphatic rings. The molecule has 2 heterocycles. The second-order valence-electron chi connectivity index (χ2n) is 6.48. The predicted octanol–water partition coefficient (Wildman–Crippen LogP) is 4.60. The zero-order chi connectivity index (χ0) is 20.9. The van der Waals surface area contributed by atoms with E-state index in [4.69, 9.17) is 9.59 Å². The summed E-state index contributed by atoms with van der Waals surface area (Å²) in [5.74, 6) is -0.830. The van der Waals surface area contributed by atoms with Gasteiger partial charge in [-0.3, -0.25) is 9.78 Å². The molecule has 8 heteroatoms. The van der Waals surface area contributed by atoms with Crippen molar-refractivity contribution in [1.29, 1.82) is 0 Å². The van der Waals surface area contributed by atoms with Gasteiger partial charge in [-0.1, -0.05) is 19.1 Å². The van der Waals surface area contributed by atoms with E-state index in [1.54, 1.807) is 13.8 Å². The van der Waals surface area contributed by atoms with Crippen LogP contribution in [0.2, 0.25) is 0 Å². The van der Waals surface area contributed by atoms with Crippen molar-refractivity contribution in [1.82, 2.24) is 9.36 Å². The SMILES string of the molecule is CCc1ccc(-c2c(SC(C)(C)C(=O)O)ccc3c(C)nsc23)cn1.O=C=O. The molecule has 146 valence electrons. The average molecular weight is 417 g/mol. The van der Waals surface area contributed by atoms with Crippen LogP contribution < -0.4 is 0 Å². The van der Waals surface area contributed by atoms with Crippen molar-refractivity contribution in [2.45, 2.75) is 43.8 Å². The van der Waals surface area contributed by atoms with Crippen LogP contribution in [0.4, 0.5) is 0 Å². The minimum Gasteiger partial charge on any atom is -0.480 e. The van der Waals surface area contributed by atoms with Crippen LogP contribution in [0.25, 0.3) is 21.2 Å². The van der Waals surface area contributed by atoms with Gasteiger partial charge >= 0.3 is 12.1 Å². The largest absolute Gasteiger partial charge is 0.480 e. The van der Waals surface area contributed by atoms with Crippen molar-refractivity contribution in [2.24, 2.45) is 0 Å². The van der Waals surface area contributed by atoms with Crippen LogP contribution in [0, 0.1) is 6.92 Å². The quantitative estimate of drug-likeness (QED) is 0.607. The molecule has 1 N–H and O–H groups in total. The maximum atomic E-state index is 11.6. The van der Waals surface area contributed by atoms with E-state index in [0.717, 1.165) is 43.9 Å². The second-order valence-corrected chi connectivity index (χ2v) is 8.91. The molecule has 0 atom stereocenters. The molecule has 0 saturated carbocycles. The Morgan fingerprint density at radius 3 is 2.46 bits per heavy atom. The first-order valence-electron chi connectivity index (χ1n) is 8.51. The van der Waals surface area contributed by atoms with Crippen LogP contribution in [0.15, 0.2) is 35.4 Å². The Balaban J connectivity index is 0.000000878. The normalized spacial score (nSPS) is 10.9. The third kappa shape index (κ3) is 4.65. The Hall–Kier alpha value is -2.54. The van der Waals surface area contributed by atoms with Gasteiger partial charge in [-0.15, -0.1) is 11.8 Å². The fourth-order valence-corrected chi connectivity index (χ4v) is 4.69. The van der Waals surface area contributed by atoms with Crippen molar-refractivity contribution >= 4 is 45.5 Å². The third-order valence-corrected chi connectivity index (χ3v) is 6.36. The highest BCUT2D eigenvalue weighted by molar-refractivity contribution is 8.01. The first-order valence-corrected chi connectivity index (χ1v) is 10.1. The number of carboxylic acid groups (broad SMARTS) is 1. The molecule has 28 heavy (non-hydrogen) atoms. The van der Waals surface area contributed by atoms with Crippen LogP contribution in [0.3, 0.4) is 0 Å². The van der Waals surface area contributed by atoms with Crippen LogP contribution in [-0.4, -0.2) is 31.3 Å². The summed E-state index contributed by atoms with van der Waals surface area (Å²) in [6.07, 6.45) is 3.01. The monoisotopic (exact) mass is 416 g/mol. The summed E-state index contributed by atoms with van der Waals surface area (Å²) in [5, 5.41) is 10.6. The number of benzene rings is 1. The highest BCUT2D eigenvalue weighted by Gasteiger charge is 2.30. The van der Waals surface area contributed by atoms with Crippen LogP contribution in [-0.2, 0) is 20.8 Å². The van der Waals surface area contributed by atoms with Gasteiger partial charge in [-0.2, -0.15) is 14.0 Å². The van der Waals surface area contributed by atoms with Crippen LogP contribution >= 0.6 is 23.3 Å². The van der Waals surface area contributed by atoms with Gasteiger partial charge in [0.15, 0.2) is 0 Å². The number of thioether (sulfide) groups is 1. The molecule has 6 nitrogen and oxygen atoms in total. The van der Waals surface area contributed by atoms with Crippen molar-refractivity contribution in [3.8, 4) is 11.1 Å². The molecule has 0 radical (unpaired) electrons. The van der Waals surface area contributed by atoms with Crippen molar-refractivity contribution in [2.75, 3.05) is 0 Å². The van der Waals surface area contributed by atoms with Crippen LogP contribution in [0.1, 0.15) is 32.2 Å². The summed E-state index contributed by atoms with van der Waals surface area (Å²) < 4.78 is 4.64. The summed E-state index contributed by atoms with van der Waals surface area (Å²) >= 11 is 2.82. The average Bonchev–Trinajstić information content (AvgIpc) is 3.03. The lowest BCUT2D eigenvalue weighted by atomic mass is 10.0. The Kier molecular flexibility index (Phi) is 7.07. The van der Waals surface area contributed by atoms with Gasteiger partial charge in [-0.25, -0.2) is 0 Å². The minimum absolute atomic E-state index is 0.250. The first-order chi connectivity index (χ1) is 13.2. The molecule has 0 aliphatic carbocycles.